The molecule has 0 saturated carbocycles. The van der Waals surface area contributed by atoms with Crippen molar-refractivity contribution in [3.8, 4) is 11.5 Å². The van der Waals surface area contributed by atoms with E-state index in [2.05, 4.69) is 20.5 Å². The van der Waals surface area contributed by atoms with Gasteiger partial charge in [0.1, 0.15) is 11.5 Å². The van der Waals surface area contributed by atoms with Crippen LogP contribution in [0.4, 0.5) is 0 Å². The van der Waals surface area contributed by atoms with Gasteiger partial charge in [0.2, 0.25) is 5.56 Å². The molecule has 4 aromatic rings. The molecular formula is C41H48N4O7. The Morgan fingerprint density at radius 2 is 1.85 bits per heavy atom. The number of phenolic OH excluding ortho intramolecular Hbond substituents is 1. The molecule has 4 atom stereocenters. The number of benzene rings is 3. The lowest BCUT2D eigenvalue weighted by molar-refractivity contribution is -0.150. The van der Waals surface area contributed by atoms with Gasteiger partial charge in [0.05, 0.1) is 18.2 Å². The van der Waals surface area contributed by atoms with Gasteiger partial charge in [-0.15, -0.1) is 0 Å². The predicted molar refractivity (Wildman–Crippen MR) is 198 cm³/mol. The molecule has 2 bridgehead atoms. The van der Waals surface area contributed by atoms with Crippen LogP contribution in [0.5, 0.6) is 11.5 Å². The molecule has 3 aromatic carbocycles. The molecule has 3 aliphatic heterocycles. The Hall–Kier alpha value is -4.71. The largest absolute Gasteiger partial charge is 0.506 e. The number of H-pyrrole nitrogens is 1. The normalized spacial score (nSPS) is 24.0. The fourth-order valence-electron chi connectivity index (χ4n) is 8.94. The number of carboxylic acids is 1. The Kier molecular flexibility index (Phi) is 10.4. The van der Waals surface area contributed by atoms with Crippen molar-refractivity contribution in [1.29, 1.82) is 0 Å². The molecule has 3 saturated heterocycles. The van der Waals surface area contributed by atoms with Crippen molar-refractivity contribution in [3.63, 3.8) is 0 Å². The van der Waals surface area contributed by atoms with Crippen molar-refractivity contribution < 1.29 is 29.6 Å². The van der Waals surface area contributed by atoms with Gasteiger partial charge in [0.25, 0.3) is 5.91 Å². The van der Waals surface area contributed by atoms with Gasteiger partial charge in [-0.1, -0.05) is 30.3 Å². The highest BCUT2D eigenvalue weighted by Crippen LogP contribution is 2.51. The lowest BCUT2D eigenvalue weighted by Crippen LogP contribution is -2.60. The summed E-state index contributed by atoms with van der Waals surface area (Å²) in [5.41, 5.74) is 2.27. The Morgan fingerprint density at radius 1 is 1.04 bits per heavy atom. The van der Waals surface area contributed by atoms with E-state index in [1.54, 1.807) is 36.4 Å². The van der Waals surface area contributed by atoms with Crippen LogP contribution in [0.15, 0.2) is 71.5 Å². The van der Waals surface area contributed by atoms with E-state index in [9.17, 15) is 29.7 Å². The lowest BCUT2D eigenvalue weighted by Gasteiger charge is -2.50. The number of ether oxygens (including phenoxy) is 1. The average molecular weight is 709 g/mol. The second-order valence-electron chi connectivity index (χ2n) is 14.7. The van der Waals surface area contributed by atoms with E-state index in [1.165, 1.54) is 12.1 Å². The Labute approximate surface area is 303 Å². The van der Waals surface area contributed by atoms with Gasteiger partial charge in [-0.3, -0.25) is 9.59 Å². The summed E-state index contributed by atoms with van der Waals surface area (Å²) < 4.78 is 6.01. The number of pyridine rings is 1. The van der Waals surface area contributed by atoms with E-state index in [0.29, 0.717) is 65.4 Å². The first-order chi connectivity index (χ1) is 25.2. The van der Waals surface area contributed by atoms with Crippen molar-refractivity contribution in [1.82, 2.24) is 20.5 Å². The topological polar surface area (TPSA) is 164 Å². The second-order valence-corrected chi connectivity index (χ2v) is 14.7. The van der Waals surface area contributed by atoms with Crippen molar-refractivity contribution >= 4 is 22.8 Å². The minimum atomic E-state index is -1.51. The fourth-order valence-corrected chi connectivity index (χ4v) is 8.94. The number of carbonyl (C=O) groups excluding carboxylic acids is 1. The molecule has 3 unspecified atom stereocenters. The van der Waals surface area contributed by atoms with Crippen LogP contribution in [-0.2, 0) is 16.8 Å². The number of hydrogen-bond acceptors (Lipinski definition) is 8. The van der Waals surface area contributed by atoms with Crippen molar-refractivity contribution in [3.05, 3.63) is 105 Å². The van der Waals surface area contributed by atoms with Crippen molar-refractivity contribution in [2.24, 2.45) is 17.8 Å². The number of nitrogens with one attached hydrogen (secondary N) is 3. The van der Waals surface area contributed by atoms with Crippen LogP contribution in [-0.4, -0.2) is 76.4 Å². The number of piperidine rings is 3. The van der Waals surface area contributed by atoms with Crippen LogP contribution < -0.4 is 20.9 Å². The number of nitrogens with zero attached hydrogens (tertiary/aromatic N) is 1. The van der Waals surface area contributed by atoms with Crippen molar-refractivity contribution in [2.45, 2.75) is 57.1 Å². The third-order valence-corrected chi connectivity index (χ3v) is 11.7. The minimum Gasteiger partial charge on any atom is -0.506 e. The maximum absolute atomic E-state index is 14.0. The van der Waals surface area contributed by atoms with Crippen molar-refractivity contribution in [2.75, 3.05) is 39.3 Å². The summed E-state index contributed by atoms with van der Waals surface area (Å²) in [4.78, 5) is 44.1. The zero-order chi connectivity index (χ0) is 36.4. The molecule has 4 heterocycles. The third-order valence-electron chi connectivity index (χ3n) is 11.7. The summed E-state index contributed by atoms with van der Waals surface area (Å²) in [6, 6.07) is 18.9. The molecule has 0 spiro atoms. The summed E-state index contributed by atoms with van der Waals surface area (Å²) in [6.07, 6.45) is 4.50. The fraction of sp³-hybridized carbons (Fsp3) is 0.439. The Bertz CT molecular complexity index is 2000. The maximum Gasteiger partial charge on any atom is 0.334 e. The molecule has 11 heteroatoms. The summed E-state index contributed by atoms with van der Waals surface area (Å²) >= 11 is 0. The number of aliphatic hydroxyl groups excluding tert-OH is 1. The molecule has 11 nitrogen and oxygen atoms in total. The van der Waals surface area contributed by atoms with Gasteiger partial charge in [-0.2, -0.15) is 0 Å². The van der Waals surface area contributed by atoms with Gasteiger partial charge in [-0.25, -0.2) is 4.79 Å². The first-order valence-corrected chi connectivity index (χ1v) is 18.5. The molecule has 1 aromatic heterocycles. The number of aryl methyl sites for hydroxylation is 1. The molecule has 8 rings (SSSR count). The van der Waals surface area contributed by atoms with Gasteiger partial charge >= 0.3 is 5.97 Å². The smallest absolute Gasteiger partial charge is 0.334 e. The quantitative estimate of drug-likeness (QED) is 0.103. The number of phenols is 1. The lowest BCUT2D eigenvalue weighted by atomic mass is 9.66. The van der Waals surface area contributed by atoms with Gasteiger partial charge in [0.15, 0.2) is 5.54 Å². The molecule has 4 aliphatic rings. The van der Waals surface area contributed by atoms with Crippen LogP contribution in [0.1, 0.15) is 70.8 Å². The highest BCUT2D eigenvalue weighted by Gasteiger charge is 2.59. The molecule has 52 heavy (non-hydrogen) atoms. The third kappa shape index (κ3) is 6.92. The highest BCUT2D eigenvalue weighted by atomic mass is 16.5. The number of unbranched alkanes of at least 4 members (excludes halogenated alkanes) is 2. The number of aromatic nitrogens is 1. The SMILES string of the molecule is Cc1cccc2c1CC(C1CN3CCC1CC3)[C@]2(NC(=O)c1cccc(OCCCCCNCC(O)c2ccc(O)c3[nH]c(=O)ccc23)c1)C(=O)O. The van der Waals surface area contributed by atoms with Crippen LogP contribution in [0, 0.1) is 24.7 Å². The number of aromatic hydroxyl groups is 1. The zero-order valence-electron chi connectivity index (χ0n) is 29.6. The summed E-state index contributed by atoms with van der Waals surface area (Å²) in [5, 5.41) is 38.8. The Morgan fingerprint density at radius 3 is 2.62 bits per heavy atom. The standard InChI is InChI=1S/C41H48N4O7/c1-25-7-5-10-33-31(25)22-34(32-24-45-18-15-26(32)16-19-45)41(33,40(50)51)44-39(49)27-8-6-9-28(21-27)52-20-4-2-3-17-42-23-36(47)29-11-13-35(46)38-30(29)12-14-37(48)43-38/h5-14,21,26,32,34,36,42,46-47H,2-4,15-20,22-24H2,1H3,(H,43,48)(H,44,49)(H,50,51)/t32?,34?,36?,41-/m0/s1. The molecule has 1 amide bonds. The predicted octanol–water partition coefficient (Wildman–Crippen LogP) is 4.64. The number of aliphatic hydroxyl groups is 1. The molecule has 1 aliphatic carbocycles. The molecule has 6 N–H and O–H groups in total. The summed E-state index contributed by atoms with van der Waals surface area (Å²) in [6.45, 7) is 6.49. The number of carbonyl (C=O) groups is 2. The van der Waals surface area contributed by atoms with E-state index < -0.39 is 23.5 Å². The van der Waals surface area contributed by atoms with E-state index in [1.807, 2.05) is 25.1 Å². The van der Waals surface area contributed by atoms with Crippen LogP contribution >= 0.6 is 0 Å². The van der Waals surface area contributed by atoms with Crippen LogP contribution in [0.2, 0.25) is 0 Å². The summed E-state index contributed by atoms with van der Waals surface area (Å²) in [5.74, 6) is -0.511. The average Bonchev–Trinajstić information content (AvgIpc) is 3.49. The number of amides is 1. The Balaban J connectivity index is 0.927. The summed E-state index contributed by atoms with van der Waals surface area (Å²) in [7, 11) is 0. The maximum atomic E-state index is 14.0. The highest BCUT2D eigenvalue weighted by molar-refractivity contribution is 5.99. The monoisotopic (exact) mass is 708 g/mol. The van der Waals surface area contributed by atoms with E-state index in [0.717, 1.165) is 62.9 Å². The van der Waals surface area contributed by atoms with E-state index in [-0.39, 0.29) is 23.1 Å². The molecule has 274 valence electrons. The molecule has 3 fully saturated rings. The zero-order valence-corrected chi connectivity index (χ0v) is 29.6. The second kappa shape index (κ2) is 15.1. The number of carboxylic acid groups (broad SMARTS) is 1. The van der Waals surface area contributed by atoms with E-state index in [4.69, 9.17) is 4.74 Å². The van der Waals surface area contributed by atoms with Gasteiger partial charge in [-0.05, 0) is 130 Å². The first-order valence-electron chi connectivity index (χ1n) is 18.5. The van der Waals surface area contributed by atoms with E-state index >= 15 is 0 Å². The van der Waals surface area contributed by atoms with Gasteiger partial charge < -0.3 is 40.6 Å². The number of rotatable bonds is 14. The number of aliphatic carboxylic acids is 1. The number of hydrogen-bond donors (Lipinski definition) is 6. The molecular weight excluding hydrogens is 660 g/mol. The number of aromatic amines is 1. The van der Waals surface area contributed by atoms with Gasteiger partial charge in [0, 0.05) is 36.0 Å². The number of fused-ring (bicyclic) bond motifs is 5. The van der Waals surface area contributed by atoms with Crippen LogP contribution in [0.25, 0.3) is 10.9 Å². The first kappa shape index (κ1) is 35.7. The van der Waals surface area contributed by atoms with Crippen LogP contribution in [0.3, 0.4) is 0 Å². The minimum absolute atomic E-state index is 0.0429. The molecule has 0 radical (unpaired) electrons.